The van der Waals surface area contributed by atoms with E-state index in [2.05, 4.69) is 5.32 Å². The average Bonchev–Trinajstić information content (AvgIpc) is 2.20. The van der Waals surface area contributed by atoms with Crippen LogP contribution in [-0.2, 0) is 6.54 Å². The Morgan fingerprint density at radius 1 is 1.40 bits per heavy atom. The molecule has 0 aliphatic heterocycles. The molecule has 0 aliphatic carbocycles. The normalized spacial score (nSPS) is 12.7. The summed E-state index contributed by atoms with van der Waals surface area (Å²) in [5, 5.41) is 3.42. The van der Waals surface area contributed by atoms with Crippen molar-refractivity contribution in [3.63, 3.8) is 0 Å². The van der Waals surface area contributed by atoms with Gasteiger partial charge in [0.2, 0.25) is 0 Å². The number of rotatable bonds is 6. The highest BCUT2D eigenvalue weighted by Gasteiger charge is 1.99. The topological polar surface area (TPSA) is 12.0 Å². The first-order valence-electron chi connectivity index (χ1n) is 5.28. The number of hydrogen-bond donors (Lipinski definition) is 1. The van der Waals surface area contributed by atoms with Crippen molar-refractivity contribution in [2.24, 2.45) is 0 Å². The fraction of sp³-hybridized carbons (Fsp3) is 0.500. The Balaban J connectivity index is 2.18. The van der Waals surface area contributed by atoms with Crippen LogP contribution in [0.2, 0.25) is 0 Å². The molecule has 84 valence electrons. The molecule has 3 heteroatoms. The van der Waals surface area contributed by atoms with Crippen LogP contribution in [0.1, 0.15) is 25.3 Å². The number of alkyl halides is 1. The number of hydrogen-bond acceptors (Lipinski definition) is 1. The molecule has 0 amide bonds. The molecule has 1 atom stereocenters. The molecule has 0 bridgehead atoms. The summed E-state index contributed by atoms with van der Waals surface area (Å²) in [5.74, 6) is -0.143. The van der Waals surface area contributed by atoms with Crippen LogP contribution in [0.15, 0.2) is 24.3 Å². The Labute approximate surface area is 95.6 Å². The minimum atomic E-state index is -0.143. The van der Waals surface area contributed by atoms with E-state index in [4.69, 9.17) is 11.6 Å². The lowest BCUT2D eigenvalue weighted by Gasteiger charge is -2.06. The molecule has 0 saturated carbocycles. The summed E-state index contributed by atoms with van der Waals surface area (Å²) in [5.41, 5.74) is 0.719. The van der Waals surface area contributed by atoms with Gasteiger partial charge in [-0.1, -0.05) is 18.2 Å². The smallest absolute Gasteiger partial charge is 0.127 e. The Morgan fingerprint density at radius 3 is 2.80 bits per heavy atom. The van der Waals surface area contributed by atoms with E-state index >= 15 is 0 Å². The Bertz CT molecular complexity index is 289. The first-order valence-corrected chi connectivity index (χ1v) is 5.72. The second-order valence-corrected chi connectivity index (χ2v) is 4.44. The molecular formula is C12H17ClFN. The van der Waals surface area contributed by atoms with Crippen molar-refractivity contribution < 1.29 is 4.39 Å². The van der Waals surface area contributed by atoms with Gasteiger partial charge in [-0.2, -0.15) is 0 Å². The van der Waals surface area contributed by atoms with Crippen LogP contribution in [0, 0.1) is 5.82 Å². The zero-order valence-corrected chi connectivity index (χ0v) is 9.73. The van der Waals surface area contributed by atoms with Crippen LogP contribution in [0.4, 0.5) is 4.39 Å². The fourth-order valence-corrected chi connectivity index (χ4v) is 1.53. The van der Waals surface area contributed by atoms with Crippen molar-refractivity contribution in [1.82, 2.24) is 5.32 Å². The van der Waals surface area contributed by atoms with Crippen molar-refractivity contribution in [2.45, 2.75) is 31.7 Å². The van der Waals surface area contributed by atoms with E-state index in [1.807, 2.05) is 13.0 Å². The molecule has 1 rings (SSSR count). The van der Waals surface area contributed by atoms with E-state index in [9.17, 15) is 4.39 Å². The first kappa shape index (κ1) is 12.5. The molecule has 0 aromatic heterocycles. The van der Waals surface area contributed by atoms with Crippen LogP contribution < -0.4 is 5.32 Å². The molecule has 0 spiro atoms. The quantitative estimate of drug-likeness (QED) is 0.583. The summed E-state index contributed by atoms with van der Waals surface area (Å²) in [6.45, 7) is 3.45. The molecule has 0 radical (unpaired) electrons. The minimum Gasteiger partial charge on any atom is -0.313 e. The van der Waals surface area contributed by atoms with Crippen molar-refractivity contribution in [1.29, 1.82) is 0 Å². The monoisotopic (exact) mass is 229 g/mol. The highest BCUT2D eigenvalue weighted by atomic mass is 35.5. The van der Waals surface area contributed by atoms with Gasteiger partial charge in [0, 0.05) is 17.5 Å². The third-order valence-electron chi connectivity index (χ3n) is 2.23. The second-order valence-electron chi connectivity index (χ2n) is 3.69. The summed E-state index contributed by atoms with van der Waals surface area (Å²) in [7, 11) is 0. The van der Waals surface area contributed by atoms with Gasteiger partial charge in [0.15, 0.2) is 0 Å². The van der Waals surface area contributed by atoms with Crippen LogP contribution in [-0.4, -0.2) is 11.9 Å². The van der Waals surface area contributed by atoms with Gasteiger partial charge in [0.25, 0.3) is 0 Å². The predicted molar refractivity (Wildman–Crippen MR) is 62.7 cm³/mol. The molecule has 0 aliphatic rings. The van der Waals surface area contributed by atoms with Crippen LogP contribution >= 0.6 is 11.6 Å². The van der Waals surface area contributed by atoms with Crippen LogP contribution in [0.5, 0.6) is 0 Å². The summed E-state index contributed by atoms with van der Waals surface area (Å²) in [6, 6.07) is 6.83. The highest BCUT2D eigenvalue weighted by molar-refractivity contribution is 6.20. The lowest BCUT2D eigenvalue weighted by atomic mass is 10.2. The largest absolute Gasteiger partial charge is 0.313 e. The highest BCUT2D eigenvalue weighted by Crippen LogP contribution is 2.06. The lowest BCUT2D eigenvalue weighted by molar-refractivity contribution is 0.574. The molecule has 15 heavy (non-hydrogen) atoms. The number of benzene rings is 1. The van der Waals surface area contributed by atoms with Gasteiger partial charge in [-0.3, -0.25) is 0 Å². The second kappa shape index (κ2) is 6.81. The fourth-order valence-electron chi connectivity index (χ4n) is 1.37. The van der Waals surface area contributed by atoms with E-state index < -0.39 is 0 Å². The van der Waals surface area contributed by atoms with Crippen LogP contribution in [0.25, 0.3) is 0 Å². The maximum atomic E-state index is 13.2. The predicted octanol–water partition coefficient (Wildman–Crippen LogP) is 3.32. The Kier molecular flexibility index (Phi) is 5.66. The van der Waals surface area contributed by atoms with Crippen molar-refractivity contribution in [3.05, 3.63) is 35.6 Å². The first-order chi connectivity index (χ1) is 7.20. The van der Waals surface area contributed by atoms with Gasteiger partial charge in [0.1, 0.15) is 5.82 Å². The average molecular weight is 230 g/mol. The molecule has 1 N–H and O–H groups in total. The van der Waals surface area contributed by atoms with Crippen molar-refractivity contribution in [3.8, 4) is 0 Å². The third kappa shape index (κ3) is 5.14. The molecular weight excluding hydrogens is 213 g/mol. The van der Waals surface area contributed by atoms with Crippen molar-refractivity contribution in [2.75, 3.05) is 6.54 Å². The van der Waals surface area contributed by atoms with E-state index in [0.717, 1.165) is 24.9 Å². The maximum absolute atomic E-state index is 13.2. The maximum Gasteiger partial charge on any atom is 0.127 e. The Hall–Kier alpha value is -0.600. The SMILES string of the molecule is CC(Cl)CCCNCc1ccccc1F. The summed E-state index contributed by atoms with van der Waals surface area (Å²) in [6.07, 6.45) is 2.02. The van der Waals surface area contributed by atoms with Gasteiger partial charge < -0.3 is 5.32 Å². The van der Waals surface area contributed by atoms with E-state index in [1.165, 1.54) is 6.07 Å². The molecule has 1 nitrogen and oxygen atoms in total. The van der Waals surface area contributed by atoms with E-state index in [1.54, 1.807) is 12.1 Å². The van der Waals surface area contributed by atoms with Gasteiger partial charge in [0.05, 0.1) is 0 Å². The van der Waals surface area contributed by atoms with Gasteiger partial charge >= 0.3 is 0 Å². The van der Waals surface area contributed by atoms with Crippen molar-refractivity contribution >= 4 is 11.6 Å². The minimum absolute atomic E-state index is 0.143. The molecule has 1 aromatic rings. The van der Waals surface area contributed by atoms with Gasteiger partial charge in [-0.05, 0) is 32.4 Å². The number of halogens is 2. The van der Waals surface area contributed by atoms with Gasteiger partial charge in [-0.15, -0.1) is 11.6 Å². The molecule has 1 aromatic carbocycles. The van der Waals surface area contributed by atoms with E-state index in [-0.39, 0.29) is 11.2 Å². The zero-order valence-electron chi connectivity index (χ0n) is 8.97. The summed E-state index contributed by atoms with van der Waals surface area (Å²) in [4.78, 5) is 0. The number of nitrogens with one attached hydrogen (secondary N) is 1. The summed E-state index contributed by atoms with van der Waals surface area (Å²) < 4.78 is 13.2. The summed E-state index contributed by atoms with van der Waals surface area (Å²) >= 11 is 5.81. The standard InChI is InChI=1S/C12H17ClFN/c1-10(13)5-4-8-15-9-11-6-2-3-7-12(11)14/h2-3,6-7,10,15H,4-5,8-9H2,1H3. The molecule has 0 heterocycles. The third-order valence-corrected chi connectivity index (χ3v) is 2.45. The zero-order chi connectivity index (χ0) is 11.1. The van der Waals surface area contributed by atoms with Crippen LogP contribution in [0.3, 0.4) is 0 Å². The Morgan fingerprint density at radius 2 is 2.13 bits per heavy atom. The van der Waals surface area contributed by atoms with E-state index in [0.29, 0.717) is 6.54 Å². The molecule has 0 fully saturated rings. The van der Waals surface area contributed by atoms with Gasteiger partial charge in [-0.25, -0.2) is 4.39 Å². The molecule has 1 unspecified atom stereocenters. The lowest BCUT2D eigenvalue weighted by Crippen LogP contribution is -2.16. The molecule has 0 saturated heterocycles.